The summed E-state index contributed by atoms with van der Waals surface area (Å²) in [4.78, 5) is 6.88. The summed E-state index contributed by atoms with van der Waals surface area (Å²) >= 11 is 0. The van der Waals surface area contributed by atoms with Crippen molar-refractivity contribution in [2.24, 2.45) is 5.92 Å². The Labute approximate surface area is 130 Å². The molecule has 1 aromatic heterocycles. The lowest BCUT2D eigenvalue weighted by molar-refractivity contribution is 0.170. The predicted molar refractivity (Wildman–Crippen MR) is 81.2 cm³/mol. The number of β-amino-alcohol motifs (C(OH)–C–C–N with tert-alkyl or cyclic N) is 1. The van der Waals surface area contributed by atoms with E-state index in [-0.39, 0.29) is 12.1 Å². The molecule has 1 aromatic carbocycles. The van der Waals surface area contributed by atoms with Crippen molar-refractivity contribution in [2.75, 3.05) is 13.1 Å². The monoisotopic (exact) mass is 299 g/mol. The highest BCUT2D eigenvalue weighted by Crippen LogP contribution is 2.37. The summed E-state index contributed by atoms with van der Waals surface area (Å²) in [5.74, 6) is 2.16. The zero-order chi connectivity index (χ0) is 14.9. The molecule has 1 saturated heterocycles. The Bertz CT molecular complexity index is 624. The molecule has 1 saturated carbocycles. The Balaban J connectivity index is 1.47. The van der Waals surface area contributed by atoms with Crippen LogP contribution in [0.25, 0.3) is 0 Å². The van der Waals surface area contributed by atoms with Crippen molar-refractivity contribution in [1.29, 1.82) is 0 Å². The molecule has 5 heteroatoms. The molecule has 2 unspecified atom stereocenters. The van der Waals surface area contributed by atoms with Crippen LogP contribution in [0.5, 0.6) is 0 Å². The first-order valence-electron chi connectivity index (χ1n) is 8.06. The third kappa shape index (κ3) is 3.05. The first kappa shape index (κ1) is 13.9. The first-order chi connectivity index (χ1) is 10.8. The van der Waals surface area contributed by atoms with Gasteiger partial charge in [-0.2, -0.15) is 4.98 Å². The van der Waals surface area contributed by atoms with E-state index in [1.54, 1.807) is 0 Å². The molecular weight excluding hydrogens is 278 g/mol. The second-order valence-corrected chi connectivity index (χ2v) is 6.51. The highest BCUT2D eigenvalue weighted by atomic mass is 16.5. The normalized spacial score (nSPS) is 25.7. The van der Waals surface area contributed by atoms with Crippen LogP contribution in [0.2, 0.25) is 0 Å². The number of aliphatic hydroxyl groups excluding tert-OH is 1. The van der Waals surface area contributed by atoms with E-state index >= 15 is 0 Å². The lowest BCUT2D eigenvalue weighted by atomic mass is 10.1. The van der Waals surface area contributed by atoms with E-state index in [1.807, 2.05) is 18.2 Å². The smallest absolute Gasteiger partial charge is 0.244 e. The summed E-state index contributed by atoms with van der Waals surface area (Å²) in [5.41, 5.74) is 1.18. The Morgan fingerprint density at radius 1 is 1.23 bits per heavy atom. The summed E-state index contributed by atoms with van der Waals surface area (Å²) in [6.07, 6.45) is 3.71. The molecule has 4 rings (SSSR count). The standard InChI is InChI=1S/C17H21N3O2/c21-14-9-15(20(11-14)10-13-6-7-13)17-18-16(19-22-17)8-12-4-2-1-3-5-12/h1-5,13-15,21H,6-11H2. The van der Waals surface area contributed by atoms with Crippen LogP contribution in [0.4, 0.5) is 0 Å². The molecule has 2 aliphatic rings. The van der Waals surface area contributed by atoms with Crippen LogP contribution >= 0.6 is 0 Å². The molecule has 0 amide bonds. The van der Waals surface area contributed by atoms with Gasteiger partial charge in [-0.05, 0) is 30.7 Å². The Morgan fingerprint density at radius 2 is 2.05 bits per heavy atom. The number of likely N-dealkylation sites (tertiary alicyclic amines) is 1. The second kappa shape index (κ2) is 5.82. The summed E-state index contributed by atoms with van der Waals surface area (Å²) < 4.78 is 5.49. The Hall–Kier alpha value is -1.72. The van der Waals surface area contributed by atoms with Crippen LogP contribution in [0, 0.1) is 5.92 Å². The van der Waals surface area contributed by atoms with Crippen molar-refractivity contribution in [3.8, 4) is 0 Å². The van der Waals surface area contributed by atoms with Crippen LogP contribution in [-0.2, 0) is 6.42 Å². The van der Waals surface area contributed by atoms with Gasteiger partial charge in [0, 0.05) is 19.5 Å². The maximum absolute atomic E-state index is 9.98. The third-order valence-corrected chi connectivity index (χ3v) is 4.54. The van der Waals surface area contributed by atoms with Gasteiger partial charge in [0.1, 0.15) is 0 Å². The third-order valence-electron chi connectivity index (χ3n) is 4.54. The van der Waals surface area contributed by atoms with Crippen molar-refractivity contribution >= 4 is 0 Å². The summed E-state index contributed by atoms with van der Waals surface area (Å²) in [7, 11) is 0. The molecular formula is C17H21N3O2. The summed E-state index contributed by atoms with van der Waals surface area (Å²) in [6.45, 7) is 1.76. The molecule has 1 N–H and O–H groups in total. The number of benzene rings is 1. The van der Waals surface area contributed by atoms with E-state index in [4.69, 9.17) is 4.52 Å². The van der Waals surface area contributed by atoms with E-state index in [0.717, 1.165) is 19.0 Å². The first-order valence-corrected chi connectivity index (χ1v) is 8.06. The second-order valence-electron chi connectivity index (χ2n) is 6.51. The van der Waals surface area contributed by atoms with Gasteiger partial charge in [-0.25, -0.2) is 0 Å². The largest absolute Gasteiger partial charge is 0.392 e. The highest BCUT2D eigenvalue weighted by Gasteiger charge is 2.38. The topological polar surface area (TPSA) is 62.4 Å². The quantitative estimate of drug-likeness (QED) is 0.917. The lowest BCUT2D eigenvalue weighted by Crippen LogP contribution is -2.27. The number of aromatic nitrogens is 2. The van der Waals surface area contributed by atoms with Crippen LogP contribution < -0.4 is 0 Å². The minimum atomic E-state index is -0.284. The van der Waals surface area contributed by atoms with Gasteiger partial charge in [0.25, 0.3) is 0 Å². The van der Waals surface area contributed by atoms with Gasteiger partial charge < -0.3 is 9.63 Å². The van der Waals surface area contributed by atoms with Gasteiger partial charge in [-0.1, -0.05) is 35.5 Å². The van der Waals surface area contributed by atoms with E-state index < -0.39 is 0 Å². The molecule has 116 valence electrons. The van der Waals surface area contributed by atoms with Gasteiger partial charge >= 0.3 is 0 Å². The molecule has 1 aliphatic carbocycles. The van der Waals surface area contributed by atoms with E-state index in [2.05, 4.69) is 27.2 Å². The molecule has 1 aliphatic heterocycles. The summed E-state index contributed by atoms with van der Waals surface area (Å²) in [5, 5.41) is 14.1. The zero-order valence-electron chi connectivity index (χ0n) is 12.6. The van der Waals surface area contributed by atoms with Crippen LogP contribution in [0.1, 0.15) is 42.6 Å². The number of hydrogen-bond acceptors (Lipinski definition) is 5. The fourth-order valence-corrected chi connectivity index (χ4v) is 3.22. The molecule has 2 atom stereocenters. The lowest BCUT2D eigenvalue weighted by Gasteiger charge is -2.20. The SMILES string of the molecule is OC1CC(c2nc(Cc3ccccc3)no2)N(CC2CC2)C1. The minimum absolute atomic E-state index is 0.0765. The number of hydrogen-bond donors (Lipinski definition) is 1. The van der Waals surface area contributed by atoms with Gasteiger partial charge in [0.05, 0.1) is 12.1 Å². The van der Waals surface area contributed by atoms with Crippen LogP contribution in [0.15, 0.2) is 34.9 Å². The minimum Gasteiger partial charge on any atom is -0.392 e. The number of aliphatic hydroxyl groups is 1. The Morgan fingerprint density at radius 3 is 2.82 bits per heavy atom. The van der Waals surface area contributed by atoms with Crippen molar-refractivity contribution in [2.45, 2.75) is 37.8 Å². The average Bonchev–Trinajstić information content (AvgIpc) is 3.08. The molecule has 0 spiro atoms. The number of nitrogens with zero attached hydrogens (tertiary/aromatic N) is 3. The molecule has 2 fully saturated rings. The maximum Gasteiger partial charge on any atom is 0.244 e. The van der Waals surface area contributed by atoms with E-state index in [9.17, 15) is 5.11 Å². The van der Waals surface area contributed by atoms with Crippen molar-refractivity contribution in [1.82, 2.24) is 15.0 Å². The van der Waals surface area contributed by atoms with E-state index in [1.165, 1.54) is 18.4 Å². The molecule has 22 heavy (non-hydrogen) atoms. The maximum atomic E-state index is 9.98. The zero-order valence-corrected chi connectivity index (χ0v) is 12.6. The molecule has 5 nitrogen and oxygen atoms in total. The fraction of sp³-hybridized carbons (Fsp3) is 0.529. The van der Waals surface area contributed by atoms with Gasteiger partial charge in [-0.15, -0.1) is 0 Å². The molecule has 0 radical (unpaired) electrons. The number of rotatable bonds is 5. The van der Waals surface area contributed by atoms with Crippen molar-refractivity contribution in [3.05, 3.63) is 47.6 Å². The molecule has 2 heterocycles. The van der Waals surface area contributed by atoms with Crippen LogP contribution in [0.3, 0.4) is 0 Å². The van der Waals surface area contributed by atoms with Crippen LogP contribution in [-0.4, -0.2) is 39.3 Å². The van der Waals surface area contributed by atoms with Crippen molar-refractivity contribution < 1.29 is 9.63 Å². The predicted octanol–water partition coefficient (Wildman–Crippen LogP) is 2.18. The Kier molecular flexibility index (Phi) is 3.68. The summed E-state index contributed by atoms with van der Waals surface area (Å²) in [6, 6.07) is 10.2. The fourth-order valence-electron chi connectivity index (χ4n) is 3.22. The van der Waals surface area contributed by atoms with Gasteiger partial charge in [0.2, 0.25) is 5.89 Å². The highest BCUT2D eigenvalue weighted by molar-refractivity contribution is 5.18. The van der Waals surface area contributed by atoms with Crippen molar-refractivity contribution in [3.63, 3.8) is 0 Å². The van der Waals surface area contributed by atoms with E-state index in [0.29, 0.717) is 24.6 Å². The van der Waals surface area contributed by atoms with Gasteiger partial charge in [0.15, 0.2) is 5.82 Å². The molecule has 2 aromatic rings. The average molecular weight is 299 g/mol. The van der Waals surface area contributed by atoms with Gasteiger partial charge in [-0.3, -0.25) is 4.90 Å². The molecule has 0 bridgehead atoms.